The van der Waals surface area contributed by atoms with Crippen LogP contribution in [0.15, 0.2) is 46.8 Å². The fraction of sp³-hybridized carbons (Fsp3) is 0.467. The molecule has 1 aliphatic heterocycles. The molecule has 1 aromatic rings. The highest BCUT2D eigenvalue weighted by atomic mass is 16.5. The number of nitrogens with zero attached hydrogens (tertiary/aromatic N) is 2. The highest BCUT2D eigenvalue weighted by Crippen LogP contribution is 2.45. The van der Waals surface area contributed by atoms with Gasteiger partial charge in [-0.2, -0.15) is 5.11 Å². The van der Waals surface area contributed by atoms with Crippen LogP contribution in [0.4, 0.5) is 0 Å². The quantitative estimate of drug-likeness (QED) is 0.731. The smallest absolute Gasteiger partial charge is 0.148 e. The van der Waals surface area contributed by atoms with Gasteiger partial charge in [-0.1, -0.05) is 37.3 Å². The molecule has 3 nitrogen and oxygen atoms in total. The first-order valence-electron chi connectivity index (χ1n) is 6.59. The lowest BCUT2D eigenvalue weighted by Gasteiger charge is -2.35. The van der Waals surface area contributed by atoms with Crippen molar-refractivity contribution in [2.24, 2.45) is 11.0 Å². The molecule has 3 heteroatoms. The van der Waals surface area contributed by atoms with Gasteiger partial charge in [-0.15, -0.1) is 0 Å². The Hall–Kier alpha value is -1.64. The molecule has 0 N–H and O–H groups in total. The highest BCUT2D eigenvalue weighted by molar-refractivity contribution is 5.28. The van der Waals surface area contributed by atoms with Crippen molar-refractivity contribution in [3.8, 4) is 0 Å². The normalized spacial score (nSPS) is 30.8. The van der Waals surface area contributed by atoms with Gasteiger partial charge in [-0.25, -0.2) is 0 Å². The van der Waals surface area contributed by atoms with E-state index in [4.69, 9.17) is 4.74 Å². The van der Waals surface area contributed by atoms with Crippen LogP contribution in [0.1, 0.15) is 37.9 Å². The SMILES string of the molecule is CC1C2=C(CCC2)OC(c2ccccc2)C1N=[N]. The van der Waals surface area contributed by atoms with Gasteiger partial charge in [0.05, 0.1) is 5.76 Å². The van der Waals surface area contributed by atoms with Gasteiger partial charge in [0.2, 0.25) is 0 Å². The Morgan fingerprint density at radius 2 is 2.00 bits per heavy atom. The number of allylic oxidation sites excluding steroid dienone is 1. The Morgan fingerprint density at radius 3 is 2.72 bits per heavy atom. The minimum atomic E-state index is -0.191. The molecule has 0 spiro atoms. The molecule has 3 rings (SSSR count). The van der Waals surface area contributed by atoms with Gasteiger partial charge in [-0.3, -0.25) is 0 Å². The van der Waals surface area contributed by atoms with Crippen molar-refractivity contribution < 1.29 is 4.74 Å². The van der Waals surface area contributed by atoms with Crippen LogP contribution in [0.25, 0.3) is 0 Å². The molecular weight excluding hydrogens is 224 g/mol. The summed E-state index contributed by atoms with van der Waals surface area (Å²) in [6.07, 6.45) is 3.13. The average Bonchev–Trinajstić information content (AvgIpc) is 2.88. The second-order valence-corrected chi connectivity index (χ2v) is 5.15. The summed E-state index contributed by atoms with van der Waals surface area (Å²) in [6.45, 7) is 2.14. The van der Waals surface area contributed by atoms with Gasteiger partial charge in [0.15, 0.2) is 0 Å². The lowest BCUT2D eigenvalue weighted by atomic mass is 9.84. The molecule has 1 aromatic carbocycles. The second kappa shape index (κ2) is 4.56. The predicted octanol–water partition coefficient (Wildman–Crippen LogP) is 3.45. The number of hydrogen-bond donors (Lipinski definition) is 0. The van der Waals surface area contributed by atoms with Crippen molar-refractivity contribution in [2.75, 3.05) is 0 Å². The van der Waals surface area contributed by atoms with Crippen molar-refractivity contribution >= 4 is 0 Å². The Kier molecular flexibility index (Phi) is 2.90. The Balaban J connectivity index is 1.98. The number of benzene rings is 1. The fourth-order valence-corrected chi connectivity index (χ4v) is 3.12. The van der Waals surface area contributed by atoms with E-state index >= 15 is 0 Å². The molecule has 18 heavy (non-hydrogen) atoms. The number of hydrogen-bond acceptors (Lipinski definition) is 2. The van der Waals surface area contributed by atoms with Crippen LogP contribution >= 0.6 is 0 Å². The van der Waals surface area contributed by atoms with Gasteiger partial charge >= 0.3 is 0 Å². The fourth-order valence-electron chi connectivity index (χ4n) is 3.12. The van der Waals surface area contributed by atoms with E-state index in [0.717, 1.165) is 30.6 Å². The molecule has 0 amide bonds. The van der Waals surface area contributed by atoms with E-state index in [1.165, 1.54) is 5.57 Å². The molecule has 93 valence electrons. The zero-order valence-corrected chi connectivity index (χ0v) is 10.5. The maximum atomic E-state index is 9.34. The maximum Gasteiger partial charge on any atom is 0.148 e. The Bertz CT molecular complexity index is 481. The molecule has 2 aliphatic rings. The van der Waals surface area contributed by atoms with Gasteiger partial charge in [0, 0.05) is 12.3 Å². The molecule has 1 radical (unpaired) electrons. The predicted molar refractivity (Wildman–Crippen MR) is 68.7 cm³/mol. The van der Waals surface area contributed by atoms with Crippen molar-refractivity contribution in [3.63, 3.8) is 0 Å². The van der Waals surface area contributed by atoms with E-state index in [0.29, 0.717) is 0 Å². The third-order valence-electron chi connectivity index (χ3n) is 4.11. The van der Waals surface area contributed by atoms with Gasteiger partial charge in [0.1, 0.15) is 12.1 Å². The standard InChI is InChI=1S/C15H17N2O/c1-10-12-8-5-9-13(12)18-15(14(10)17-16)11-6-3-2-4-7-11/h2-4,6-7,10,14-15H,5,8-9H2,1H3. The van der Waals surface area contributed by atoms with E-state index in [1.807, 2.05) is 30.3 Å². The first-order chi connectivity index (χ1) is 8.81. The minimum absolute atomic E-state index is 0.150. The molecule has 1 aliphatic carbocycles. The van der Waals surface area contributed by atoms with E-state index < -0.39 is 0 Å². The lowest BCUT2D eigenvalue weighted by Crippen LogP contribution is -2.31. The molecule has 3 unspecified atom stereocenters. The zero-order valence-electron chi connectivity index (χ0n) is 10.5. The highest BCUT2D eigenvalue weighted by Gasteiger charge is 2.39. The number of ether oxygens (including phenoxy) is 1. The third-order valence-corrected chi connectivity index (χ3v) is 4.11. The summed E-state index contributed by atoms with van der Waals surface area (Å²) in [4.78, 5) is 0. The monoisotopic (exact) mass is 241 g/mol. The van der Waals surface area contributed by atoms with Crippen molar-refractivity contribution in [3.05, 3.63) is 47.2 Å². The minimum Gasteiger partial charge on any atom is -0.488 e. The van der Waals surface area contributed by atoms with Crippen LogP contribution in [-0.4, -0.2) is 6.04 Å². The topological polar surface area (TPSA) is 43.9 Å². The average molecular weight is 241 g/mol. The molecule has 1 heterocycles. The third kappa shape index (κ3) is 1.74. The second-order valence-electron chi connectivity index (χ2n) is 5.15. The molecule has 0 aromatic heterocycles. The first-order valence-corrected chi connectivity index (χ1v) is 6.59. The largest absolute Gasteiger partial charge is 0.488 e. The van der Waals surface area contributed by atoms with E-state index in [1.54, 1.807) is 0 Å². The van der Waals surface area contributed by atoms with Crippen LogP contribution in [-0.2, 0) is 4.74 Å². The number of rotatable bonds is 2. The van der Waals surface area contributed by atoms with E-state index in [2.05, 4.69) is 12.0 Å². The zero-order chi connectivity index (χ0) is 12.5. The first kappa shape index (κ1) is 11.5. The summed E-state index contributed by atoms with van der Waals surface area (Å²) in [5, 5.41) is 3.59. The van der Waals surface area contributed by atoms with Crippen LogP contribution in [0, 0.1) is 5.92 Å². The summed E-state index contributed by atoms with van der Waals surface area (Å²) < 4.78 is 6.10. The van der Waals surface area contributed by atoms with Gasteiger partial charge in [0.25, 0.3) is 0 Å². The maximum absolute atomic E-state index is 9.34. The van der Waals surface area contributed by atoms with Gasteiger partial charge < -0.3 is 4.74 Å². The lowest BCUT2D eigenvalue weighted by molar-refractivity contribution is 0.0541. The molecule has 0 fully saturated rings. The van der Waals surface area contributed by atoms with Crippen molar-refractivity contribution in [1.82, 2.24) is 5.53 Å². The molecular formula is C15H17N2O. The van der Waals surface area contributed by atoms with Crippen molar-refractivity contribution in [2.45, 2.75) is 38.3 Å². The summed E-state index contributed by atoms with van der Waals surface area (Å²) in [7, 11) is 0. The molecule has 0 bridgehead atoms. The molecule has 3 atom stereocenters. The van der Waals surface area contributed by atoms with Crippen LogP contribution < -0.4 is 5.53 Å². The van der Waals surface area contributed by atoms with Crippen LogP contribution in [0.5, 0.6) is 0 Å². The van der Waals surface area contributed by atoms with E-state index in [-0.39, 0.29) is 18.1 Å². The summed E-state index contributed by atoms with van der Waals surface area (Å²) >= 11 is 0. The molecule has 0 saturated heterocycles. The summed E-state index contributed by atoms with van der Waals surface area (Å²) in [5.74, 6) is 1.41. The van der Waals surface area contributed by atoms with E-state index in [9.17, 15) is 5.53 Å². The summed E-state index contributed by atoms with van der Waals surface area (Å²) in [6, 6.07) is 9.86. The van der Waals surface area contributed by atoms with Gasteiger partial charge in [-0.05, 0) is 29.5 Å². The summed E-state index contributed by atoms with van der Waals surface area (Å²) in [5.41, 5.74) is 11.8. The Morgan fingerprint density at radius 1 is 1.22 bits per heavy atom. The Labute approximate surface area is 107 Å². The molecule has 0 saturated carbocycles. The van der Waals surface area contributed by atoms with Crippen LogP contribution in [0.3, 0.4) is 0 Å². The van der Waals surface area contributed by atoms with Crippen molar-refractivity contribution in [1.29, 1.82) is 0 Å². The van der Waals surface area contributed by atoms with Crippen LogP contribution in [0.2, 0.25) is 0 Å².